The first-order valence-electron chi connectivity index (χ1n) is 9.67. The SMILES string of the molecule is COCCOc1cc(Nc2cc(NC(C)=O)ncc2-c2ccn(C)n2)cc(S(C)(=O)=O)c1. The lowest BCUT2D eigenvalue weighted by atomic mass is 10.1. The molecule has 0 radical (unpaired) electrons. The fraction of sp³-hybridized carbons (Fsp3) is 0.286. The van der Waals surface area contributed by atoms with Crippen molar-refractivity contribution in [1.29, 1.82) is 0 Å². The molecule has 10 nitrogen and oxygen atoms in total. The van der Waals surface area contributed by atoms with Crippen molar-refractivity contribution in [3.63, 3.8) is 0 Å². The lowest BCUT2D eigenvalue weighted by molar-refractivity contribution is -0.114. The Kier molecular flexibility index (Phi) is 7.11. The van der Waals surface area contributed by atoms with Crippen LogP contribution in [0.5, 0.6) is 5.75 Å². The minimum Gasteiger partial charge on any atom is -0.491 e. The number of ether oxygens (including phenoxy) is 2. The van der Waals surface area contributed by atoms with Gasteiger partial charge in [0.2, 0.25) is 5.91 Å². The Morgan fingerprint density at radius 1 is 1.19 bits per heavy atom. The summed E-state index contributed by atoms with van der Waals surface area (Å²) >= 11 is 0. The number of methoxy groups -OCH3 is 1. The van der Waals surface area contributed by atoms with Crippen LogP contribution in [0.1, 0.15) is 6.92 Å². The molecule has 0 saturated heterocycles. The first kappa shape index (κ1) is 23.2. The number of nitrogens with zero attached hydrogens (tertiary/aromatic N) is 3. The largest absolute Gasteiger partial charge is 0.491 e. The number of carbonyl (C=O) groups excluding carboxylic acids is 1. The standard InChI is InChI=1S/C21H25N5O5S/c1-14(27)23-21-12-20(18(13-22-21)19-5-6-26(2)25-19)24-15-9-16(31-8-7-30-3)11-17(10-15)32(4,28)29/h5-6,9-13H,7-8H2,1-4H3,(H2,22,23,24,27). The van der Waals surface area contributed by atoms with Crippen LogP contribution in [0.2, 0.25) is 0 Å². The van der Waals surface area contributed by atoms with Gasteiger partial charge in [-0.2, -0.15) is 5.10 Å². The molecule has 11 heteroatoms. The quantitative estimate of drug-likeness (QED) is 0.468. The summed E-state index contributed by atoms with van der Waals surface area (Å²) in [5, 5.41) is 10.3. The van der Waals surface area contributed by atoms with Gasteiger partial charge in [0.1, 0.15) is 18.2 Å². The van der Waals surface area contributed by atoms with Gasteiger partial charge in [-0.05, 0) is 18.2 Å². The van der Waals surface area contributed by atoms with E-state index in [4.69, 9.17) is 9.47 Å². The number of pyridine rings is 1. The van der Waals surface area contributed by atoms with Gasteiger partial charge in [0.05, 0.1) is 22.9 Å². The minimum atomic E-state index is -3.49. The normalized spacial score (nSPS) is 11.2. The number of nitrogens with one attached hydrogen (secondary N) is 2. The number of carbonyl (C=O) groups is 1. The fourth-order valence-corrected chi connectivity index (χ4v) is 3.58. The minimum absolute atomic E-state index is 0.102. The van der Waals surface area contributed by atoms with Gasteiger partial charge in [-0.1, -0.05) is 0 Å². The summed E-state index contributed by atoms with van der Waals surface area (Å²) in [6.45, 7) is 2.02. The first-order valence-corrected chi connectivity index (χ1v) is 11.6. The zero-order chi connectivity index (χ0) is 23.3. The van der Waals surface area contributed by atoms with Gasteiger partial charge in [0, 0.05) is 63.1 Å². The summed E-state index contributed by atoms with van der Waals surface area (Å²) < 4.78 is 36.7. The Morgan fingerprint density at radius 2 is 1.97 bits per heavy atom. The van der Waals surface area contributed by atoms with Gasteiger partial charge in [0.25, 0.3) is 0 Å². The average molecular weight is 460 g/mol. The number of hydrogen-bond donors (Lipinski definition) is 2. The second-order valence-electron chi connectivity index (χ2n) is 7.10. The van der Waals surface area contributed by atoms with E-state index in [0.717, 1.165) is 6.26 Å². The molecule has 0 bridgehead atoms. The van der Waals surface area contributed by atoms with Crippen LogP contribution >= 0.6 is 0 Å². The molecular weight excluding hydrogens is 434 g/mol. The number of hydrogen-bond acceptors (Lipinski definition) is 8. The second-order valence-corrected chi connectivity index (χ2v) is 9.12. The summed E-state index contributed by atoms with van der Waals surface area (Å²) in [6, 6.07) is 8.14. The van der Waals surface area contributed by atoms with Crippen LogP contribution in [-0.2, 0) is 26.4 Å². The highest BCUT2D eigenvalue weighted by Gasteiger charge is 2.15. The monoisotopic (exact) mass is 459 g/mol. The van der Waals surface area contributed by atoms with Crippen LogP contribution in [-0.4, -0.2) is 55.7 Å². The van der Waals surface area contributed by atoms with Gasteiger partial charge in [-0.3, -0.25) is 9.48 Å². The highest BCUT2D eigenvalue weighted by atomic mass is 32.2. The van der Waals surface area contributed by atoms with Crippen molar-refractivity contribution in [2.75, 3.05) is 37.2 Å². The van der Waals surface area contributed by atoms with E-state index in [-0.39, 0.29) is 17.4 Å². The molecule has 0 aliphatic carbocycles. The predicted octanol–water partition coefficient (Wildman–Crippen LogP) is 2.61. The molecule has 0 unspecified atom stereocenters. The molecule has 170 valence electrons. The molecule has 1 aromatic carbocycles. The Balaban J connectivity index is 2.05. The zero-order valence-corrected chi connectivity index (χ0v) is 19.1. The molecule has 0 aliphatic heterocycles. The van der Waals surface area contributed by atoms with Gasteiger partial charge in [-0.15, -0.1) is 0 Å². The number of aryl methyl sites for hydroxylation is 1. The summed E-state index contributed by atoms with van der Waals surface area (Å²) in [6.07, 6.45) is 4.52. The molecule has 1 amide bonds. The second kappa shape index (κ2) is 9.79. The smallest absolute Gasteiger partial charge is 0.222 e. The summed E-state index contributed by atoms with van der Waals surface area (Å²) in [7, 11) is -0.135. The molecule has 0 spiro atoms. The number of aromatic nitrogens is 3. The van der Waals surface area contributed by atoms with E-state index in [2.05, 4.69) is 20.7 Å². The van der Waals surface area contributed by atoms with Crippen LogP contribution in [0.3, 0.4) is 0 Å². The predicted molar refractivity (Wildman–Crippen MR) is 121 cm³/mol. The maximum Gasteiger partial charge on any atom is 0.222 e. The van der Waals surface area contributed by atoms with E-state index in [9.17, 15) is 13.2 Å². The van der Waals surface area contributed by atoms with Crippen molar-refractivity contribution in [2.45, 2.75) is 11.8 Å². The zero-order valence-electron chi connectivity index (χ0n) is 18.2. The first-order chi connectivity index (χ1) is 15.2. The third-order valence-electron chi connectivity index (χ3n) is 4.34. The Morgan fingerprint density at radius 3 is 2.59 bits per heavy atom. The van der Waals surface area contributed by atoms with Crippen LogP contribution in [0, 0.1) is 0 Å². The molecule has 2 heterocycles. The topological polar surface area (TPSA) is 124 Å². The Labute approximate surface area is 186 Å². The van der Waals surface area contributed by atoms with Crippen LogP contribution in [0.15, 0.2) is 47.6 Å². The summed E-state index contributed by atoms with van der Waals surface area (Å²) in [5.41, 5.74) is 2.40. The number of anilines is 3. The summed E-state index contributed by atoms with van der Waals surface area (Å²) in [5.74, 6) is 0.459. The van der Waals surface area contributed by atoms with Crippen molar-refractivity contribution in [3.05, 3.63) is 42.7 Å². The third-order valence-corrected chi connectivity index (χ3v) is 5.43. The number of rotatable bonds is 9. The van der Waals surface area contributed by atoms with Crippen LogP contribution < -0.4 is 15.4 Å². The van der Waals surface area contributed by atoms with Gasteiger partial charge >= 0.3 is 0 Å². The van der Waals surface area contributed by atoms with Crippen molar-refractivity contribution < 1.29 is 22.7 Å². The van der Waals surface area contributed by atoms with E-state index in [1.165, 1.54) is 19.1 Å². The maximum absolute atomic E-state index is 12.2. The third kappa shape index (κ3) is 6.05. The molecule has 3 aromatic rings. The highest BCUT2D eigenvalue weighted by Crippen LogP contribution is 2.33. The molecule has 0 atom stereocenters. The molecular formula is C21H25N5O5S. The van der Waals surface area contributed by atoms with Gasteiger partial charge in [-0.25, -0.2) is 13.4 Å². The fourth-order valence-electron chi connectivity index (χ4n) is 2.91. The van der Waals surface area contributed by atoms with Crippen LogP contribution in [0.4, 0.5) is 17.2 Å². The van der Waals surface area contributed by atoms with Crippen molar-refractivity contribution >= 4 is 32.9 Å². The lowest BCUT2D eigenvalue weighted by Crippen LogP contribution is -2.08. The maximum atomic E-state index is 12.2. The number of benzene rings is 1. The van der Waals surface area contributed by atoms with E-state index in [1.807, 2.05) is 6.07 Å². The van der Waals surface area contributed by atoms with Crippen molar-refractivity contribution in [3.8, 4) is 17.0 Å². The molecule has 2 N–H and O–H groups in total. The van der Waals surface area contributed by atoms with E-state index < -0.39 is 9.84 Å². The number of sulfone groups is 1. The van der Waals surface area contributed by atoms with Gasteiger partial charge in [0.15, 0.2) is 9.84 Å². The average Bonchev–Trinajstić information content (AvgIpc) is 3.13. The molecule has 0 aliphatic rings. The molecule has 0 saturated carbocycles. The van der Waals surface area contributed by atoms with Gasteiger partial charge < -0.3 is 20.1 Å². The van der Waals surface area contributed by atoms with Crippen molar-refractivity contribution in [2.24, 2.45) is 7.05 Å². The molecule has 0 fully saturated rings. The summed E-state index contributed by atoms with van der Waals surface area (Å²) in [4.78, 5) is 15.9. The van der Waals surface area contributed by atoms with Crippen LogP contribution in [0.25, 0.3) is 11.3 Å². The molecule has 32 heavy (non-hydrogen) atoms. The van der Waals surface area contributed by atoms with E-state index >= 15 is 0 Å². The van der Waals surface area contributed by atoms with E-state index in [0.29, 0.717) is 40.8 Å². The molecule has 3 rings (SSSR count). The van der Waals surface area contributed by atoms with Crippen molar-refractivity contribution in [1.82, 2.24) is 14.8 Å². The lowest BCUT2D eigenvalue weighted by Gasteiger charge is -2.15. The number of amides is 1. The Bertz CT molecular complexity index is 1220. The molecule has 2 aromatic heterocycles. The van der Waals surface area contributed by atoms with E-state index in [1.54, 1.807) is 43.4 Å². The highest BCUT2D eigenvalue weighted by molar-refractivity contribution is 7.90. The Hall–Kier alpha value is -3.44.